The van der Waals surface area contributed by atoms with Crippen molar-refractivity contribution in [1.82, 2.24) is 10.6 Å². The molecule has 0 spiro atoms. The lowest BCUT2D eigenvalue weighted by molar-refractivity contribution is -0.149. The summed E-state index contributed by atoms with van der Waals surface area (Å²) in [7, 11) is 0. The Kier molecular flexibility index (Phi) is 7.42. The van der Waals surface area contributed by atoms with Crippen LogP contribution in [0.25, 0.3) is 0 Å². The summed E-state index contributed by atoms with van der Waals surface area (Å²) < 4.78 is 0. The minimum Gasteiger partial charge on any atom is -0.481 e. The first-order valence-electron chi connectivity index (χ1n) is 8.37. The number of carboxylic acid groups (broad SMARTS) is 1. The number of primary amides is 1. The van der Waals surface area contributed by atoms with E-state index in [0.29, 0.717) is 12.8 Å². The summed E-state index contributed by atoms with van der Waals surface area (Å²) in [5.74, 6) is -1.27. The Labute approximate surface area is 148 Å². The van der Waals surface area contributed by atoms with Gasteiger partial charge in [-0.3, -0.25) is 9.59 Å². The molecule has 0 heterocycles. The highest BCUT2D eigenvalue weighted by Gasteiger charge is 2.35. The zero-order valence-corrected chi connectivity index (χ0v) is 15.0. The highest BCUT2D eigenvalue weighted by molar-refractivity contribution is 5.80. The standard InChI is InChI=1S/C18H27N3O4/c1-4-18(5-2,16(23)24)11-20-15(22)10-14(21-17(19)25)13-9-7-6-8-12(13)3/h6-9,14H,4-5,10-11H2,1-3H3,(H,20,22)(H,23,24)(H3,19,21,25). The predicted molar refractivity (Wildman–Crippen MR) is 94.9 cm³/mol. The minimum atomic E-state index is -0.981. The topological polar surface area (TPSA) is 122 Å². The van der Waals surface area contributed by atoms with Crippen molar-refractivity contribution in [2.24, 2.45) is 11.1 Å². The molecule has 1 unspecified atom stereocenters. The Morgan fingerprint density at radius 1 is 1.20 bits per heavy atom. The Balaban J connectivity index is 2.84. The molecule has 0 saturated carbocycles. The third-order valence-corrected chi connectivity index (χ3v) is 4.70. The number of hydrogen-bond acceptors (Lipinski definition) is 3. The molecule has 0 aromatic heterocycles. The van der Waals surface area contributed by atoms with Crippen LogP contribution in [0.4, 0.5) is 4.79 Å². The average molecular weight is 349 g/mol. The number of nitrogens with one attached hydrogen (secondary N) is 2. The zero-order chi connectivity index (χ0) is 19.0. The molecule has 1 aromatic rings. The maximum absolute atomic E-state index is 12.3. The predicted octanol–water partition coefficient (Wildman–Crippen LogP) is 2.10. The van der Waals surface area contributed by atoms with Gasteiger partial charge in [0.25, 0.3) is 0 Å². The quantitative estimate of drug-likeness (QED) is 0.545. The second kappa shape index (κ2) is 9.05. The number of rotatable bonds is 9. The number of aryl methyl sites for hydroxylation is 1. The van der Waals surface area contributed by atoms with Gasteiger partial charge in [0.15, 0.2) is 0 Å². The van der Waals surface area contributed by atoms with E-state index in [0.717, 1.165) is 11.1 Å². The Hall–Kier alpha value is -2.57. The Bertz CT molecular complexity index is 627. The lowest BCUT2D eigenvalue weighted by atomic mass is 9.82. The number of urea groups is 1. The summed E-state index contributed by atoms with van der Waals surface area (Å²) >= 11 is 0. The van der Waals surface area contributed by atoms with Gasteiger partial charge in [0.05, 0.1) is 17.9 Å². The molecule has 1 rings (SSSR count). The van der Waals surface area contributed by atoms with Gasteiger partial charge < -0.3 is 21.5 Å². The van der Waals surface area contributed by atoms with Crippen LogP contribution in [0.15, 0.2) is 24.3 Å². The molecular weight excluding hydrogens is 322 g/mol. The number of benzene rings is 1. The third kappa shape index (κ3) is 5.48. The molecule has 1 aromatic carbocycles. The molecular formula is C18H27N3O4. The molecule has 0 aliphatic rings. The summed E-state index contributed by atoms with van der Waals surface area (Å²) in [6.45, 7) is 5.50. The fourth-order valence-corrected chi connectivity index (χ4v) is 2.79. The number of carbonyl (C=O) groups is 3. The molecule has 0 radical (unpaired) electrons. The second-order valence-corrected chi connectivity index (χ2v) is 6.19. The van der Waals surface area contributed by atoms with E-state index in [1.54, 1.807) is 13.8 Å². The van der Waals surface area contributed by atoms with Crippen LogP contribution < -0.4 is 16.4 Å². The van der Waals surface area contributed by atoms with Crippen molar-refractivity contribution in [3.8, 4) is 0 Å². The molecule has 138 valence electrons. The van der Waals surface area contributed by atoms with Crippen molar-refractivity contribution >= 4 is 17.9 Å². The third-order valence-electron chi connectivity index (χ3n) is 4.70. The van der Waals surface area contributed by atoms with Crippen LogP contribution in [0.5, 0.6) is 0 Å². The van der Waals surface area contributed by atoms with E-state index in [2.05, 4.69) is 10.6 Å². The summed E-state index contributed by atoms with van der Waals surface area (Å²) in [6.07, 6.45) is 0.816. The molecule has 0 aliphatic carbocycles. The van der Waals surface area contributed by atoms with Crippen molar-refractivity contribution < 1.29 is 19.5 Å². The van der Waals surface area contributed by atoms with E-state index in [-0.39, 0.29) is 18.9 Å². The van der Waals surface area contributed by atoms with Crippen molar-refractivity contribution in [3.63, 3.8) is 0 Å². The van der Waals surface area contributed by atoms with Gasteiger partial charge >= 0.3 is 12.0 Å². The van der Waals surface area contributed by atoms with E-state index in [1.165, 1.54) is 0 Å². The summed E-state index contributed by atoms with van der Waals surface area (Å²) in [6, 6.07) is 6.10. The van der Waals surface area contributed by atoms with Crippen molar-refractivity contribution in [2.45, 2.75) is 46.1 Å². The zero-order valence-electron chi connectivity index (χ0n) is 15.0. The summed E-state index contributed by atoms with van der Waals surface area (Å²) in [4.78, 5) is 35.1. The van der Waals surface area contributed by atoms with Gasteiger partial charge in [-0.15, -0.1) is 0 Å². The molecule has 0 bridgehead atoms. The van der Waals surface area contributed by atoms with Crippen LogP contribution in [0.1, 0.15) is 50.3 Å². The maximum atomic E-state index is 12.3. The summed E-state index contributed by atoms with van der Waals surface area (Å²) in [5.41, 5.74) is 5.97. The second-order valence-electron chi connectivity index (χ2n) is 6.19. The van der Waals surface area contributed by atoms with Crippen molar-refractivity contribution in [3.05, 3.63) is 35.4 Å². The van der Waals surface area contributed by atoms with Crippen LogP contribution in [0.3, 0.4) is 0 Å². The number of carboxylic acids is 1. The lowest BCUT2D eigenvalue weighted by Gasteiger charge is -2.27. The smallest absolute Gasteiger partial charge is 0.312 e. The highest BCUT2D eigenvalue weighted by atomic mass is 16.4. The van der Waals surface area contributed by atoms with Gasteiger partial charge in [-0.2, -0.15) is 0 Å². The number of carbonyl (C=O) groups excluding carboxylic acids is 2. The van der Waals surface area contributed by atoms with E-state index in [4.69, 9.17) is 5.73 Å². The van der Waals surface area contributed by atoms with Gasteiger partial charge in [0.1, 0.15) is 0 Å². The Morgan fingerprint density at radius 2 is 1.80 bits per heavy atom. The SMILES string of the molecule is CCC(CC)(CNC(=O)CC(NC(N)=O)c1ccccc1C)C(=O)O. The number of nitrogens with two attached hydrogens (primary N) is 1. The van der Waals surface area contributed by atoms with Crippen LogP contribution in [-0.2, 0) is 9.59 Å². The average Bonchev–Trinajstić information content (AvgIpc) is 2.55. The maximum Gasteiger partial charge on any atom is 0.312 e. The summed E-state index contributed by atoms with van der Waals surface area (Å²) in [5, 5.41) is 14.7. The van der Waals surface area contributed by atoms with E-state index >= 15 is 0 Å². The molecule has 25 heavy (non-hydrogen) atoms. The lowest BCUT2D eigenvalue weighted by Crippen LogP contribution is -2.43. The number of hydrogen-bond donors (Lipinski definition) is 4. The van der Waals surface area contributed by atoms with Gasteiger partial charge in [-0.1, -0.05) is 38.1 Å². The molecule has 0 aliphatic heterocycles. The van der Waals surface area contributed by atoms with Gasteiger partial charge in [-0.05, 0) is 30.9 Å². The first-order valence-corrected chi connectivity index (χ1v) is 8.37. The Morgan fingerprint density at radius 3 is 2.28 bits per heavy atom. The van der Waals surface area contributed by atoms with Crippen molar-refractivity contribution in [1.29, 1.82) is 0 Å². The fraction of sp³-hybridized carbons (Fsp3) is 0.500. The normalized spacial score (nSPS) is 12.3. The molecule has 0 fully saturated rings. The monoisotopic (exact) mass is 349 g/mol. The molecule has 5 N–H and O–H groups in total. The van der Waals surface area contributed by atoms with Crippen LogP contribution >= 0.6 is 0 Å². The van der Waals surface area contributed by atoms with Crippen LogP contribution in [0.2, 0.25) is 0 Å². The van der Waals surface area contributed by atoms with Crippen LogP contribution in [-0.4, -0.2) is 29.6 Å². The number of amides is 3. The van der Waals surface area contributed by atoms with Gasteiger partial charge in [-0.25, -0.2) is 4.79 Å². The molecule has 3 amide bonds. The molecule has 7 nitrogen and oxygen atoms in total. The van der Waals surface area contributed by atoms with Crippen molar-refractivity contribution in [2.75, 3.05) is 6.54 Å². The van der Waals surface area contributed by atoms with Crippen LogP contribution in [0, 0.1) is 12.3 Å². The van der Waals surface area contributed by atoms with Gasteiger partial charge in [0.2, 0.25) is 5.91 Å². The van der Waals surface area contributed by atoms with E-state index < -0.39 is 23.5 Å². The van der Waals surface area contributed by atoms with E-state index in [9.17, 15) is 19.5 Å². The molecule has 1 atom stereocenters. The number of aliphatic carboxylic acids is 1. The highest BCUT2D eigenvalue weighted by Crippen LogP contribution is 2.26. The van der Waals surface area contributed by atoms with E-state index in [1.807, 2.05) is 31.2 Å². The fourth-order valence-electron chi connectivity index (χ4n) is 2.79. The largest absolute Gasteiger partial charge is 0.481 e. The molecule has 7 heteroatoms. The first kappa shape index (κ1) is 20.5. The van der Waals surface area contributed by atoms with Gasteiger partial charge in [0, 0.05) is 6.54 Å². The molecule has 0 saturated heterocycles. The first-order chi connectivity index (χ1) is 11.8. The minimum absolute atomic E-state index is 0.0169.